The fraction of sp³-hybridized carbons (Fsp3) is 0.395. The smallest absolute Gasteiger partial charge is 0.345 e. The van der Waals surface area contributed by atoms with Crippen LogP contribution in [-0.2, 0) is 31.8 Å². The van der Waals surface area contributed by atoms with Gasteiger partial charge in [-0.3, -0.25) is 24.8 Å². The molecule has 1 N–H and O–H groups in total. The van der Waals surface area contributed by atoms with Crippen LogP contribution in [0, 0.1) is 10.1 Å². The van der Waals surface area contributed by atoms with Crippen LogP contribution in [0.25, 0.3) is 0 Å². The fourth-order valence-corrected chi connectivity index (χ4v) is 8.12. The fourth-order valence-electron chi connectivity index (χ4n) is 6.44. The highest BCUT2D eigenvalue weighted by Crippen LogP contribution is 2.51. The number of hydrogen-bond acceptors (Lipinski definition) is 10. The summed E-state index contributed by atoms with van der Waals surface area (Å²) in [6.07, 6.45) is 3.21. The van der Waals surface area contributed by atoms with Crippen molar-refractivity contribution in [3.8, 4) is 5.75 Å². The van der Waals surface area contributed by atoms with Crippen molar-refractivity contribution in [2.24, 2.45) is 10.1 Å². The largest absolute Gasteiger partial charge is 0.507 e. The Balaban J connectivity index is 1.27. The normalized spacial score (nSPS) is 22.0. The Morgan fingerprint density at radius 2 is 1.62 bits per heavy atom. The van der Waals surface area contributed by atoms with Gasteiger partial charge in [0.25, 0.3) is 11.6 Å². The Labute approximate surface area is 306 Å². The number of hydrogen-bond donors (Lipinski definition) is 1. The highest BCUT2D eigenvalue weighted by atomic mass is 32.2. The molecule has 52 heavy (non-hydrogen) atoms. The summed E-state index contributed by atoms with van der Waals surface area (Å²) in [5.41, 5.74) is 2.79. The number of hydrazone groups is 1. The van der Waals surface area contributed by atoms with Crippen LogP contribution in [-0.4, -0.2) is 91.1 Å². The number of thioether (sulfide) groups is 1. The maximum absolute atomic E-state index is 14.1. The molecule has 3 aromatic carbocycles. The zero-order chi connectivity index (χ0) is 37.6. The first-order valence-corrected chi connectivity index (χ1v) is 17.9. The van der Waals surface area contributed by atoms with E-state index in [2.05, 4.69) is 5.10 Å². The van der Waals surface area contributed by atoms with Gasteiger partial charge in [-0.2, -0.15) is 5.10 Å². The van der Waals surface area contributed by atoms with E-state index in [0.717, 1.165) is 34.0 Å². The second-order valence-corrected chi connectivity index (χ2v) is 16.6. The molecule has 0 aromatic heterocycles. The summed E-state index contributed by atoms with van der Waals surface area (Å²) < 4.78 is 5.79. The molecule has 13 nitrogen and oxygen atoms in total. The first-order chi connectivity index (χ1) is 24.5. The molecule has 0 spiro atoms. The Morgan fingerprint density at radius 1 is 0.981 bits per heavy atom. The molecular weight excluding hydrogens is 685 g/mol. The number of nitro benzene ring substituents is 1. The van der Waals surface area contributed by atoms with Crippen LogP contribution >= 0.6 is 11.8 Å². The number of phenols is 1. The number of aromatic hydroxyl groups is 1. The molecule has 3 fully saturated rings. The van der Waals surface area contributed by atoms with Gasteiger partial charge in [-0.15, -0.1) is 0 Å². The summed E-state index contributed by atoms with van der Waals surface area (Å²) in [4.78, 5) is 58.2. The monoisotopic (exact) mass is 726 g/mol. The van der Waals surface area contributed by atoms with Gasteiger partial charge in [0.1, 0.15) is 17.7 Å². The number of esters is 1. The number of phenolic OH excluding ortho intramolecular Hbond substituents is 1. The number of amides is 3. The van der Waals surface area contributed by atoms with E-state index >= 15 is 0 Å². The summed E-state index contributed by atoms with van der Waals surface area (Å²) in [6.45, 7) is 12.2. The number of nitrogens with zero attached hydrogens (tertiary/aromatic N) is 6. The SMILES string of the molecule is CC(C)(C)c1cc(C=N[C@@H]2C(=O)N3C[C@@](C(=O)OCc4ccc([N+](=O)[O-])cc4)(N4CCN(/N=C/c5ccccc5)C4=O)S[C@H]23)cc(C(C)(C)C)c1O. The standard InChI is InChI=1S/C38H42N6O7S/c1-36(2,3)28-18-26(19-29(31(28)45)37(4,5)6)20-39-30-32(46)41-23-38(52-33(30)41,34(47)51-22-25-12-14-27(15-13-25)44(49)50)42-16-17-43(35(42)48)40-21-24-10-8-7-9-11-24/h7-15,18-21,30,33,45H,16-17,22-23H2,1-6H3/b39-20?,40-21+/t30-,33-,38-/m1/s1. The molecule has 3 heterocycles. The third-order valence-electron chi connectivity index (χ3n) is 9.35. The lowest BCUT2D eigenvalue weighted by Gasteiger charge is -2.38. The van der Waals surface area contributed by atoms with Gasteiger partial charge in [-0.25, -0.2) is 14.6 Å². The molecule has 3 aliphatic heterocycles. The van der Waals surface area contributed by atoms with E-state index in [4.69, 9.17) is 9.73 Å². The van der Waals surface area contributed by atoms with E-state index in [9.17, 15) is 29.6 Å². The minimum atomic E-state index is -1.59. The number of aliphatic imine (C=N–C) groups is 1. The lowest BCUT2D eigenvalue weighted by Crippen LogP contribution is -2.61. The number of β-lactam (4-membered cyclic amide) rings is 1. The van der Waals surface area contributed by atoms with Gasteiger partial charge < -0.3 is 14.7 Å². The van der Waals surface area contributed by atoms with E-state index in [1.165, 1.54) is 34.2 Å². The number of carbonyl (C=O) groups excluding carboxylic acids is 3. The average molecular weight is 727 g/mol. The van der Waals surface area contributed by atoms with Gasteiger partial charge in [0.15, 0.2) is 6.04 Å². The van der Waals surface area contributed by atoms with E-state index in [1.807, 2.05) is 84.0 Å². The summed E-state index contributed by atoms with van der Waals surface area (Å²) in [5, 5.41) is 27.4. The maximum atomic E-state index is 14.1. The third kappa shape index (κ3) is 6.99. The van der Waals surface area contributed by atoms with Gasteiger partial charge in [0.2, 0.25) is 4.87 Å². The van der Waals surface area contributed by atoms with E-state index in [1.54, 1.807) is 17.3 Å². The molecule has 0 saturated carbocycles. The molecule has 0 radical (unpaired) electrons. The second kappa shape index (κ2) is 13.7. The Bertz CT molecular complexity index is 1920. The summed E-state index contributed by atoms with van der Waals surface area (Å²) in [5.74, 6) is -0.759. The molecule has 0 unspecified atom stereocenters. The van der Waals surface area contributed by atoms with Crippen molar-refractivity contribution in [1.82, 2.24) is 14.8 Å². The molecule has 3 saturated heterocycles. The van der Waals surface area contributed by atoms with Crippen LogP contribution in [0.1, 0.15) is 69.4 Å². The predicted molar refractivity (Wildman–Crippen MR) is 198 cm³/mol. The van der Waals surface area contributed by atoms with Crippen LogP contribution in [0.4, 0.5) is 10.5 Å². The Kier molecular flexibility index (Phi) is 9.64. The first-order valence-electron chi connectivity index (χ1n) is 17.0. The Morgan fingerprint density at radius 3 is 2.21 bits per heavy atom. The zero-order valence-electron chi connectivity index (χ0n) is 30.0. The predicted octanol–water partition coefficient (Wildman–Crippen LogP) is 5.81. The second-order valence-electron chi connectivity index (χ2n) is 15.2. The molecule has 3 amide bonds. The zero-order valence-corrected chi connectivity index (χ0v) is 30.8. The van der Waals surface area contributed by atoms with Crippen LogP contribution in [0.3, 0.4) is 0 Å². The van der Waals surface area contributed by atoms with Gasteiger partial charge in [-0.1, -0.05) is 83.6 Å². The molecule has 0 bridgehead atoms. The van der Waals surface area contributed by atoms with Crippen molar-refractivity contribution in [3.05, 3.63) is 105 Å². The summed E-state index contributed by atoms with van der Waals surface area (Å²) in [7, 11) is 0. The van der Waals surface area contributed by atoms with E-state index < -0.39 is 33.2 Å². The molecule has 14 heteroatoms. The minimum absolute atomic E-state index is 0.0947. The molecular formula is C38H42N6O7S. The number of urea groups is 1. The number of ether oxygens (including phenoxy) is 1. The maximum Gasteiger partial charge on any atom is 0.345 e. The number of non-ortho nitro benzene ring substituents is 1. The summed E-state index contributed by atoms with van der Waals surface area (Å²) in [6, 6.07) is 17.4. The van der Waals surface area contributed by atoms with Crippen LogP contribution in [0.5, 0.6) is 5.75 Å². The van der Waals surface area contributed by atoms with Crippen LogP contribution < -0.4 is 0 Å². The number of rotatable bonds is 9. The Hall–Kier alpha value is -5.24. The summed E-state index contributed by atoms with van der Waals surface area (Å²) >= 11 is 1.15. The molecule has 3 aromatic rings. The number of carbonyl (C=O) groups is 3. The highest BCUT2D eigenvalue weighted by Gasteiger charge is 2.66. The van der Waals surface area contributed by atoms with Crippen molar-refractivity contribution in [3.63, 3.8) is 0 Å². The number of benzene rings is 3. The van der Waals surface area contributed by atoms with Crippen molar-refractivity contribution in [2.75, 3.05) is 19.6 Å². The molecule has 0 aliphatic carbocycles. The number of nitro groups is 1. The lowest BCUT2D eigenvalue weighted by atomic mass is 9.78. The molecule has 6 rings (SSSR count). The topological polar surface area (TPSA) is 158 Å². The minimum Gasteiger partial charge on any atom is -0.507 e. The van der Waals surface area contributed by atoms with E-state index in [-0.39, 0.29) is 54.4 Å². The number of fused-ring (bicyclic) bond motifs is 1. The van der Waals surface area contributed by atoms with Crippen molar-refractivity contribution >= 4 is 47.8 Å². The van der Waals surface area contributed by atoms with Crippen molar-refractivity contribution in [2.45, 2.75) is 75.3 Å². The van der Waals surface area contributed by atoms with Crippen molar-refractivity contribution in [1.29, 1.82) is 0 Å². The first kappa shape index (κ1) is 36.5. The van der Waals surface area contributed by atoms with Gasteiger partial charge in [0, 0.05) is 36.0 Å². The third-order valence-corrected chi connectivity index (χ3v) is 11.0. The van der Waals surface area contributed by atoms with Crippen LogP contribution in [0.2, 0.25) is 0 Å². The van der Waals surface area contributed by atoms with Gasteiger partial charge >= 0.3 is 12.0 Å². The van der Waals surface area contributed by atoms with Crippen LogP contribution in [0.15, 0.2) is 76.8 Å². The van der Waals surface area contributed by atoms with Crippen molar-refractivity contribution < 1.29 is 29.2 Å². The quantitative estimate of drug-likeness (QED) is 0.0952. The molecule has 3 atom stereocenters. The van der Waals surface area contributed by atoms with Gasteiger partial charge in [-0.05, 0) is 51.8 Å². The molecule has 3 aliphatic rings. The van der Waals surface area contributed by atoms with Gasteiger partial charge in [0.05, 0.1) is 24.2 Å². The molecule has 272 valence electrons. The average Bonchev–Trinajstić information content (AvgIpc) is 3.65. The lowest BCUT2D eigenvalue weighted by molar-refractivity contribution is -0.384. The highest BCUT2D eigenvalue weighted by molar-refractivity contribution is 8.02. The van der Waals surface area contributed by atoms with E-state index in [0.29, 0.717) is 5.56 Å².